The molecule has 3 aromatic rings. The Bertz CT molecular complexity index is 1550. The molecule has 0 amide bonds. The summed E-state index contributed by atoms with van der Waals surface area (Å²) in [6, 6.07) is 10.0. The Balaban J connectivity index is 0.000000303. The van der Waals surface area contributed by atoms with Crippen LogP contribution in [-0.4, -0.2) is 71.8 Å². The number of carbonyl (C=O) groups is 2. The van der Waals surface area contributed by atoms with E-state index >= 15 is 0 Å². The summed E-state index contributed by atoms with van der Waals surface area (Å²) in [6.45, 7) is 5.51. The van der Waals surface area contributed by atoms with Crippen molar-refractivity contribution in [3.05, 3.63) is 78.5 Å². The molecule has 5 heterocycles. The molecule has 5 rings (SSSR count). The molecule has 11 nitrogen and oxygen atoms in total. The van der Waals surface area contributed by atoms with Gasteiger partial charge >= 0.3 is 35.4 Å². The highest BCUT2D eigenvalue weighted by Crippen LogP contribution is 2.40. The van der Waals surface area contributed by atoms with Gasteiger partial charge in [-0.05, 0) is 49.9 Å². The van der Waals surface area contributed by atoms with Gasteiger partial charge in [0.1, 0.15) is 5.82 Å². The van der Waals surface area contributed by atoms with Crippen LogP contribution in [0.5, 0.6) is 0 Å². The molecule has 0 bridgehead atoms. The lowest BCUT2D eigenvalue weighted by Crippen LogP contribution is -2.45. The molecule has 1 fully saturated rings. The smallest absolute Gasteiger partial charge is 0.475 e. The van der Waals surface area contributed by atoms with Crippen molar-refractivity contribution in [2.75, 3.05) is 13.1 Å². The molecule has 0 radical (unpaired) electrons. The van der Waals surface area contributed by atoms with Gasteiger partial charge in [-0.25, -0.2) is 14.3 Å². The van der Waals surface area contributed by atoms with Crippen LogP contribution in [0.15, 0.2) is 45.3 Å². The van der Waals surface area contributed by atoms with E-state index < -0.39 is 35.4 Å². The molecule has 234 valence electrons. The van der Waals surface area contributed by atoms with Crippen molar-refractivity contribution in [3.8, 4) is 0 Å². The molecule has 0 aromatic carbocycles. The van der Waals surface area contributed by atoms with E-state index in [4.69, 9.17) is 24.9 Å². The van der Waals surface area contributed by atoms with Crippen LogP contribution >= 0.6 is 11.3 Å². The van der Waals surface area contributed by atoms with E-state index in [2.05, 4.69) is 16.0 Å². The minimum atomic E-state index is -5.08. The summed E-state index contributed by atoms with van der Waals surface area (Å²) in [7, 11) is 0. The second-order valence-electron chi connectivity index (χ2n) is 9.69. The summed E-state index contributed by atoms with van der Waals surface area (Å²) in [4.78, 5) is 51.1. The van der Waals surface area contributed by atoms with E-state index in [1.54, 1.807) is 15.9 Å². The Morgan fingerprint density at radius 3 is 2.07 bits per heavy atom. The number of carboxylic acids is 2. The first-order valence-corrected chi connectivity index (χ1v) is 13.3. The predicted octanol–water partition coefficient (Wildman–Crippen LogP) is 3.03. The number of aromatic nitrogens is 4. The van der Waals surface area contributed by atoms with E-state index in [0.29, 0.717) is 13.1 Å². The van der Waals surface area contributed by atoms with Gasteiger partial charge in [-0.1, -0.05) is 12.1 Å². The number of carboxylic acid groups (broad SMARTS) is 2. The van der Waals surface area contributed by atoms with Crippen LogP contribution < -0.4 is 11.1 Å². The molecule has 1 unspecified atom stereocenters. The van der Waals surface area contributed by atoms with Gasteiger partial charge in [0, 0.05) is 35.6 Å². The minimum absolute atomic E-state index is 0.159. The lowest BCUT2D eigenvalue weighted by atomic mass is 9.85. The monoisotopic (exact) mass is 637 g/mol. The van der Waals surface area contributed by atoms with Crippen LogP contribution in [0.2, 0.25) is 0 Å². The third-order valence-electron chi connectivity index (χ3n) is 6.56. The summed E-state index contributed by atoms with van der Waals surface area (Å²) < 4.78 is 66.4. The number of fused-ring (bicyclic) bond motifs is 2. The molecule has 1 spiro atoms. The Kier molecular flexibility index (Phi) is 10.2. The lowest BCUT2D eigenvalue weighted by molar-refractivity contribution is -0.193. The fraction of sp³-hybridized carbons (Fsp3) is 0.440. The van der Waals surface area contributed by atoms with Crippen molar-refractivity contribution in [2.24, 2.45) is 0 Å². The second kappa shape index (κ2) is 13.1. The highest BCUT2D eigenvalue weighted by atomic mass is 32.1. The van der Waals surface area contributed by atoms with Gasteiger partial charge < -0.3 is 10.2 Å². The zero-order chi connectivity index (χ0) is 32.2. The Morgan fingerprint density at radius 2 is 1.53 bits per heavy atom. The molecule has 18 heteroatoms. The molecule has 0 saturated carbocycles. The first-order chi connectivity index (χ1) is 19.9. The van der Waals surface area contributed by atoms with Gasteiger partial charge in [0.25, 0.3) is 0 Å². The van der Waals surface area contributed by atoms with Crippen molar-refractivity contribution in [2.45, 2.75) is 57.2 Å². The Morgan fingerprint density at radius 1 is 0.930 bits per heavy atom. The molecule has 3 aromatic heterocycles. The van der Waals surface area contributed by atoms with Crippen LogP contribution in [0.25, 0.3) is 0 Å². The molecular weight excluding hydrogens is 612 g/mol. The van der Waals surface area contributed by atoms with Crippen molar-refractivity contribution < 1.29 is 46.1 Å². The number of pyridine rings is 1. The fourth-order valence-corrected chi connectivity index (χ4v) is 5.31. The summed E-state index contributed by atoms with van der Waals surface area (Å²) in [5.74, 6) is -4.74. The third-order valence-corrected chi connectivity index (χ3v) is 7.42. The van der Waals surface area contributed by atoms with Crippen LogP contribution in [0.1, 0.15) is 34.9 Å². The van der Waals surface area contributed by atoms with Gasteiger partial charge in [0.05, 0.1) is 12.2 Å². The standard InChI is InChI=1S/C21H23N5O2S.2C2HF3O2/c1-15-4-2-5-16(22-15)12-24-9-7-21(14-24)8-10-25-18(27)19(28)26(23-20(21)25)13-17-6-3-11-29-17;2*3-2(4,5)1(6)7/h2-6,11H,7-10,12-14H2,1H3;2*(H,6,7). The molecule has 43 heavy (non-hydrogen) atoms. The van der Waals surface area contributed by atoms with E-state index in [1.807, 2.05) is 36.6 Å². The van der Waals surface area contributed by atoms with Gasteiger partial charge in [-0.3, -0.25) is 24.0 Å². The second-order valence-corrected chi connectivity index (χ2v) is 10.7. The largest absolute Gasteiger partial charge is 0.490 e. The first kappa shape index (κ1) is 33.4. The molecule has 2 aliphatic rings. The highest BCUT2D eigenvalue weighted by molar-refractivity contribution is 7.09. The fourth-order valence-electron chi connectivity index (χ4n) is 4.63. The maximum absolute atomic E-state index is 12.7. The number of aliphatic carboxylic acids is 2. The number of hydrogen-bond acceptors (Lipinski definition) is 8. The van der Waals surface area contributed by atoms with Gasteiger partial charge in [0.2, 0.25) is 0 Å². The first-order valence-electron chi connectivity index (χ1n) is 12.4. The summed E-state index contributed by atoms with van der Waals surface area (Å²) in [5, 5.41) is 20.9. The van der Waals surface area contributed by atoms with Gasteiger partial charge in [-0.2, -0.15) is 31.4 Å². The Labute approximate surface area is 242 Å². The summed E-state index contributed by atoms with van der Waals surface area (Å²) >= 11 is 1.57. The van der Waals surface area contributed by atoms with Crippen molar-refractivity contribution in [1.29, 1.82) is 0 Å². The Hall–Kier alpha value is -4.06. The normalized spacial score (nSPS) is 17.9. The van der Waals surface area contributed by atoms with Crippen molar-refractivity contribution in [3.63, 3.8) is 0 Å². The van der Waals surface area contributed by atoms with E-state index in [-0.39, 0.29) is 5.41 Å². The van der Waals surface area contributed by atoms with E-state index in [9.17, 15) is 35.9 Å². The van der Waals surface area contributed by atoms with Gasteiger partial charge in [-0.15, -0.1) is 11.3 Å². The average molecular weight is 638 g/mol. The van der Waals surface area contributed by atoms with Crippen LogP contribution in [0.4, 0.5) is 26.3 Å². The zero-order valence-electron chi connectivity index (χ0n) is 22.4. The number of thiophene rings is 1. The average Bonchev–Trinajstić information content (AvgIpc) is 3.64. The van der Waals surface area contributed by atoms with Gasteiger partial charge in [0.15, 0.2) is 0 Å². The quantitative estimate of drug-likeness (QED) is 0.326. The third kappa shape index (κ3) is 8.50. The molecule has 2 aliphatic heterocycles. The number of hydrogen-bond donors (Lipinski definition) is 2. The maximum Gasteiger partial charge on any atom is 0.490 e. The molecule has 1 atom stereocenters. The lowest BCUT2D eigenvalue weighted by Gasteiger charge is -2.23. The van der Waals surface area contributed by atoms with E-state index in [1.165, 1.54) is 4.68 Å². The predicted molar refractivity (Wildman–Crippen MR) is 139 cm³/mol. The van der Waals surface area contributed by atoms with Crippen LogP contribution in [-0.2, 0) is 34.6 Å². The number of nitrogens with zero attached hydrogens (tertiary/aromatic N) is 5. The van der Waals surface area contributed by atoms with Crippen LogP contribution in [0.3, 0.4) is 0 Å². The minimum Gasteiger partial charge on any atom is -0.475 e. The number of alkyl halides is 6. The number of likely N-dealkylation sites (tertiary alicyclic amines) is 1. The van der Waals surface area contributed by atoms with Crippen molar-refractivity contribution >= 4 is 23.3 Å². The topological polar surface area (TPSA) is 148 Å². The maximum atomic E-state index is 12.7. The van der Waals surface area contributed by atoms with E-state index in [0.717, 1.165) is 54.6 Å². The number of aryl methyl sites for hydroxylation is 1. The molecule has 2 N–H and O–H groups in total. The van der Waals surface area contributed by atoms with Crippen LogP contribution in [0, 0.1) is 6.92 Å². The SMILES string of the molecule is Cc1cccc(CN2CCC3(CCn4c3nn(Cc3cccs3)c(=O)c4=O)C2)n1.O=C(O)C(F)(F)F.O=C(O)C(F)(F)F. The molecule has 1 saturated heterocycles. The molecular formula is C25H25F6N5O6S. The summed E-state index contributed by atoms with van der Waals surface area (Å²) in [5.41, 5.74) is 0.954. The molecule has 0 aliphatic carbocycles. The number of halogens is 6. The van der Waals surface area contributed by atoms with Crippen molar-refractivity contribution in [1.82, 2.24) is 24.2 Å². The highest BCUT2D eigenvalue weighted by Gasteiger charge is 2.47. The number of rotatable bonds is 4. The zero-order valence-corrected chi connectivity index (χ0v) is 23.2. The summed E-state index contributed by atoms with van der Waals surface area (Å²) in [6.07, 6.45) is -8.36.